The maximum atomic E-state index is 12.8. The Balaban J connectivity index is 2.82. The van der Waals surface area contributed by atoms with Crippen LogP contribution in [-0.2, 0) is 14.3 Å². The van der Waals surface area contributed by atoms with Crippen LogP contribution in [0, 0.1) is 11.3 Å². The highest BCUT2D eigenvalue weighted by atomic mass is 16.6. The van der Waals surface area contributed by atoms with Crippen molar-refractivity contribution in [3.63, 3.8) is 0 Å². The molecule has 0 saturated carbocycles. The topological polar surface area (TPSA) is 136 Å². The first kappa shape index (κ1) is 23.2. The minimum absolute atomic E-state index is 0.0275. The molecule has 2 amide bonds. The summed E-state index contributed by atoms with van der Waals surface area (Å²) in [5.41, 5.74) is -1.83. The summed E-state index contributed by atoms with van der Waals surface area (Å²) in [6, 6.07) is -0.875. The summed E-state index contributed by atoms with van der Waals surface area (Å²) in [5, 5.41) is 30.2. The molecular weight excluding hydrogens is 355 g/mol. The number of likely N-dealkylation sites (tertiary alicyclic amines) is 1. The second-order valence-corrected chi connectivity index (χ2v) is 8.58. The molecule has 0 bridgehead atoms. The van der Waals surface area contributed by atoms with Crippen molar-refractivity contribution in [2.75, 3.05) is 13.1 Å². The Kier molecular flexibility index (Phi) is 7.68. The van der Waals surface area contributed by atoms with Crippen LogP contribution >= 0.6 is 0 Å². The molecule has 1 heterocycles. The van der Waals surface area contributed by atoms with E-state index in [-0.39, 0.29) is 18.8 Å². The van der Waals surface area contributed by atoms with E-state index in [1.54, 1.807) is 27.7 Å². The standard InChI is InChI=1S/C17H31BN2O7/c1-11(19-15(24)27-16(2,3)4)13(21)20-9-12(6-7-18(25)26)8-17(5,10-20)14(22)23/h11-12,25-26H,6-10H2,1-5H3,(H,19,24)(H,22,23)/t11-,12-,17-/m0/s1. The first-order valence-corrected chi connectivity index (χ1v) is 9.11. The molecule has 1 rings (SSSR count). The fourth-order valence-electron chi connectivity index (χ4n) is 3.28. The lowest BCUT2D eigenvalue weighted by Crippen LogP contribution is -2.56. The Bertz CT molecular complexity index is 564. The van der Waals surface area contributed by atoms with E-state index in [9.17, 15) is 19.5 Å². The van der Waals surface area contributed by atoms with Crippen LogP contribution in [0.15, 0.2) is 0 Å². The predicted molar refractivity (Wildman–Crippen MR) is 98.9 cm³/mol. The van der Waals surface area contributed by atoms with Crippen molar-refractivity contribution < 1.29 is 34.3 Å². The van der Waals surface area contributed by atoms with Gasteiger partial charge in [-0.15, -0.1) is 0 Å². The Labute approximate surface area is 160 Å². The van der Waals surface area contributed by atoms with Gasteiger partial charge in [-0.05, 0) is 53.3 Å². The summed E-state index contributed by atoms with van der Waals surface area (Å²) in [7, 11) is -1.47. The van der Waals surface area contributed by atoms with Crippen LogP contribution in [0.4, 0.5) is 4.79 Å². The summed E-state index contributed by atoms with van der Waals surface area (Å²) >= 11 is 0. The number of alkyl carbamates (subject to hydrolysis) is 1. The molecule has 10 heteroatoms. The Morgan fingerprint density at radius 2 is 1.93 bits per heavy atom. The van der Waals surface area contributed by atoms with Gasteiger partial charge in [-0.1, -0.05) is 6.42 Å². The molecule has 27 heavy (non-hydrogen) atoms. The van der Waals surface area contributed by atoms with Crippen LogP contribution in [0.3, 0.4) is 0 Å². The van der Waals surface area contributed by atoms with Crippen LogP contribution in [0.5, 0.6) is 0 Å². The highest BCUT2D eigenvalue weighted by Crippen LogP contribution is 2.35. The van der Waals surface area contributed by atoms with E-state index in [1.807, 2.05) is 0 Å². The predicted octanol–water partition coefficient (Wildman–Crippen LogP) is 0.702. The SMILES string of the molecule is C[C@H](NC(=O)OC(C)(C)C)C(=O)N1C[C@@H](CCB(O)O)C[C@](C)(C(=O)O)C1. The van der Waals surface area contributed by atoms with Crippen LogP contribution in [0.2, 0.25) is 6.32 Å². The molecule has 0 aromatic rings. The molecule has 0 radical (unpaired) electrons. The van der Waals surface area contributed by atoms with Crippen molar-refractivity contribution in [3.05, 3.63) is 0 Å². The largest absolute Gasteiger partial charge is 0.481 e. The van der Waals surface area contributed by atoms with Gasteiger partial charge in [0.25, 0.3) is 0 Å². The van der Waals surface area contributed by atoms with E-state index in [1.165, 1.54) is 11.8 Å². The molecule has 1 saturated heterocycles. The monoisotopic (exact) mass is 386 g/mol. The lowest BCUT2D eigenvalue weighted by Gasteiger charge is -2.43. The van der Waals surface area contributed by atoms with E-state index in [2.05, 4.69) is 5.32 Å². The van der Waals surface area contributed by atoms with Gasteiger partial charge in [0.05, 0.1) is 5.41 Å². The molecule has 3 atom stereocenters. The van der Waals surface area contributed by atoms with E-state index in [4.69, 9.17) is 14.8 Å². The fraction of sp³-hybridized carbons (Fsp3) is 0.824. The molecule has 1 aliphatic heterocycles. The number of carbonyl (C=O) groups is 3. The zero-order valence-electron chi connectivity index (χ0n) is 16.7. The van der Waals surface area contributed by atoms with Gasteiger partial charge in [-0.2, -0.15) is 0 Å². The molecule has 1 fully saturated rings. The normalized spacial score (nSPS) is 24.1. The third-order valence-electron chi connectivity index (χ3n) is 4.52. The highest BCUT2D eigenvalue weighted by Gasteiger charge is 2.44. The van der Waals surface area contributed by atoms with Crippen molar-refractivity contribution in [2.45, 2.75) is 65.4 Å². The summed E-state index contributed by atoms with van der Waals surface area (Å²) < 4.78 is 5.14. The number of piperidine rings is 1. The van der Waals surface area contributed by atoms with Crippen LogP contribution in [0.1, 0.15) is 47.5 Å². The summed E-state index contributed by atoms with van der Waals surface area (Å²) in [6.07, 6.45) is 0.111. The molecule has 0 spiro atoms. The number of rotatable bonds is 6. The number of hydrogen-bond donors (Lipinski definition) is 4. The minimum atomic E-state index is -1.47. The molecule has 154 valence electrons. The molecule has 4 N–H and O–H groups in total. The quantitative estimate of drug-likeness (QED) is 0.493. The molecule has 0 aliphatic carbocycles. The molecule has 0 unspecified atom stereocenters. The molecule has 1 aliphatic rings. The number of amides is 2. The number of aliphatic carboxylic acids is 1. The lowest BCUT2D eigenvalue weighted by atomic mass is 9.72. The van der Waals surface area contributed by atoms with Gasteiger partial charge in [0.2, 0.25) is 5.91 Å². The average molecular weight is 386 g/mol. The van der Waals surface area contributed by atoms with E-state index in [0.29, 0.717) is 19.4 Å². The lowest BCUT2D eigenvalue weighted by molar-refractivity contribution is -0.156. The Morgan fingerprint density at radius 1 is 1.33 bits per heavy atom. The fourth-order valence-corrected chi connectivity index (χ4v) is 3.28. The number of nitrogens with one attached hydrogen (secondary N) is 1. The summed E-state index contributed by atoms with van der Waals surface area (Å²) in [6.45, 7) is 8.55. The van der Waals surface area contributed by atoms with Gasteiger partial charge >= 0.3 is 19.2 Å². The third kappa shape index (κ3) is 7.38. The zero-order valence-corrected chi connectivity index (χ0v) is 16.7. The van der Waals surface area contributed by atoms with Gasteiger partial charge in [0.1, 0.15) is 11.6 Å². The van der Waals surface area contributed by atoms with E-state index < -0.39 is 42.1 Å². The maximum Gasteiger partial charge on any atom is 0.451 e. The van der Waals surface area contributed by atoms with Crippen molar-refractivity contribution >= 4 is 25.1 Å². The second kappa shape index (κ2) is 8.92. The highest BCUT2D eigenvalue weighted by molar-refractivity contribution is 6.40. The number of carbonyl (C=O) groups excluding carboxylic acids is 2. The smallest absolute Gasteiger partial charge is 0.451 e. The van der Waals surface area contributed by atoms with E-state index in [0.717, 1.165) is 0 Å². The van der Waals surface area contributed by atoms with Crippen molar-refractivity contribution in [1.29, 1.82) is 0 Å². The zero-order chi connectivity index (χ0) is 21.0. The van der Waals surface area contributed by atoms with Crippen LogP contribution < -0.4 is 5.32 Å². The molecule has 0 aromatic heterocycles. The maximum absolute atomic E-state index is 12.8. The van der Waals surface area contributed by atoms with Gasteiger partial charge in [-0.25, -0.2) is 4.79 Å². The van der Waals surface area contributed by atoms with Crippen molar-refractivity contribution in [1.82, 2.24) is 10.2 Å². The Hall–Kier alpha value is -1.81. The second-order valence-electron chi connectivity index (χ2n) is 8.58. The number of carboxylic acid groups (broad SMARTS) is 1. The van der Waals surface area contributed by atoms with Crippen LogP contribution in [-0.4, -0.2) is 69.9 Å². The third-order valence-corrected chi connectivity index (χ3v) is 4.52. The first-order chi connectivity index (χ1) is 12.2. The number of nitrogens with zero attached hydrogens (tertiary/aromatic N) is 1. The van der Waals surface area contributed by atoms with Crippen molar-refractivity contribution in [2.24, 2.45) is 11.3 Å². The van der Waals surface area contributed by atoms with Gasteiger partial charge in [0.15, 0.2) is 0 Å². The molecule has 0 aromatic carbocycles. The summed E-state index contributed by atoms with van der Waals surface area (Å²) in [4.78, 5) is 37.8. The number of ether oxygens (including phenoxy) is 1. The van der Waals surface area contributed by atoms with Gasteiger partial charge < -0.3 is 30.1 Å². The van der Waals surface area contributed by atoms with E-state index >= 15 is 0 Å². The average Bonchev–Trinajstić information content (AvgIpc) is 2.49. The number of carboxylic acids is 1. The van der Waals surface area contributed by atoms with Crippen LogP contribution in [0.25, 0.3) is 0 Å². The molecular formula is C17H31BN2O7. The number of hydrogen-bond acceptors (Lipinski definition) is 6. The minimum Gasteiger partial charge on any atom is -0.481 e. The first-order valence-electron chi connectivity index (χ1n) is 9.11. The summed E-state index contributed by atoms with van der Waals surface area (Å²) in [5.74, 6) is -1.59. The van der Waals surface area contributed by atoms with Crippen molar-refractivity contribution in [3.8, 4) is 0 Å². The Morgan fingerprint density at radius 3 is 2.41 bits per heavy atom. The van der Waals surface area contributed by atoms with Gasteiger partial charge in [-0.3, -0.25) is 9.59 Å². The van der Waals surface area contributed by atoms with Gasteiger partial charge in [0, 0.05) is 13.1 Å². The molecule has 9 nitrogen and oxygen atoms in total.